The highest BCUT2D eigenvalue weighted by molar-refractivity contribution is 7.89. The van der Waals surface area contributed by atoms with Gasteiger partial charge in [-0.3, -0.25) is 9.69 Å². The predicted molar refractivity (Wildman–Crippen MR) is 113 cm³/mol. The van der Waals surface area contributed by atoms with Crippen LogP contribution < -0.4 is 10.0 Å². The predicted octanol–water partition coefficient (Wildman–Crippen LogP) is 2.06. The van der Waals surface area contributed by atoms with Crippen LogP contribution >= 0.6 is 0 Å². The highest BCUT2D eigenvalue weighted by Gasteiger charge is 2.39. The highest BCUT2D eigenvalue weighted by Crippen LogP contribution is 2.34. The maximum Gasteiger partial charge on any atom is 0.251 e. The van der Waals surface area contributed by atoms with Gasteiger partial charge in [0.15, 0.2) is 0 Å². The number of nitrogens with one attached hydrogen (secondary N) is 2. The fourth-order valence-corrected chi connectivity index (χ4v) is 5.55. The van der Waals surface area contributed by atoms with Crippen molar-refractivity contribution in [1.29, 1.82) is 0 Å². The molecule has 0 unspecified atom stereocenters. The first-order valence-corrected chi connectivity index (χ1v) is 12.1. The third-order valence-electron chi connectivity index (χ3n) is 6.14. The first-order valence-electron chi connectivity index (χ1n) is 10.6. The summed E-state index contributed by atoms with van der Waals surface area (Å²) < 4.78 is 32.6. The van der Waals surface area contributed by atoms with E-state index in [2.05, 4.69) is 14.9 Å². The minimum atomic E-state index is -3.60. The van der Waals surface area contributed by atoms with E-state index in [-0.39, 0.29) is 16.3 Å². The van der Waals surface area contributed by atoms with Crippen LogP contribution in [0.15, 0.2) is 23.1 Å². The first kappa shape index (κ1) is 22.2. The number of benzene rings is 1. The van der Waals surface area contributed by atoms with Crippen LogP contribution in [-0.4, -0.2) is 64.2 Å². The van der Waals surface area contributed by atoms with Crippen LogP contribution in [0.1, 0.15) is 54.9 Å². The number of aryl methyl sites for hydroxylation is 1. The lowest BCUT2D eigenvalue weighted by molar-refractivity contribution is -0.0361. The molecule has 3 rings (SSSR count). The topological polar surface area (TPSA) is 87.7 Å². The van der Waals surface area contributed by atoms with E-state index in [1.165, 1.54) is 25.3 Å². The number of sulfonamides is 1. The molecule has 1 saturated heterocycles. The number of morpholine rings is 1. The average Bonchev–Trinajstić information content (AvgIpc) is 2.73. The summed E-state index contributed by atoms with van der Waals surface area (Å²) in [7, 11) is -3.60. The van der Waals surface area contributed by atoms with Gasteiger partial charge < -0.3 is 10.1 Å². The van der Waals surface area contributed by atoms with Gasteiger partial charge in [0, 0.05) is 37.3 Å². The summed E-state index contributed by atoms with van der Waals surface area (Å²) in [5, 5.41) is 3.12. The van der Waals surface area contributed by atoms with Crippen molar-refractivity contribution in [2.24, 2.45) is 0 Å². The van der Waals surface area contributed by atoms with E-state index in [0.29, 0.717) is 18.7 Å². The van der Waals surface area contributed by atoms with Crippen LogP contribution in [0.4, 0.5) is 0 Å². The Balaban J connectivity index is 1.76. The van der Waals surface area contributed by atoms with E-state index >= 15 is 0 Å². The van der Waals surface area contributed by atoms with Crippen molar-refractivity contribution in [2.75, 3.05) is 39.4 Å². The van der Waals surface area contributed by atoms with E-state index in [4.69, 9.17) is 4.74 Å². The first-order chi connectivity index (χ1) is 13.9. The number of hydrogen-bond acceptors (Lipinski definition) is 5. The van der Waals surface area contributed by atoms with Gasteiger partial charge in [-0.2, -0.15) is 0 Å². The normalized spacial score (nSPS) is 20.3. The second kappa shape index (κ2) is 9.55. The Morgan fingerprint density at radius 3 is 2.52 bits per heavy atom. The summed E-state index contributed by atoms with van der Waals surface area (Å²) in [5.74, 6) is -0.214. The molecule has 1 aromatic carbocycles. The Labute approximate surface area is 174 Å². The average molecular weight is 424 g/mol. The van der Waals surface area contributed by atoms with Gasteiger partial charge in [-0.05, 0) is 37.5 Å². The standard InChI is InChI=1S/C21H33N3O4S/c1-3-23-29(26,27)18-8-7-17(2)19(15-18)20(25)22-16-21(9-5-4-6-10-21)24-11-13-28-14-12-24/h7-8,15,23H,3-6,9-14,16H2,1-2H3,(H,22,25). The number of amides is 1. The lowest BCUT2D eigenvalue weighted by Crippen LogP contribution is -2.59. The molecule has 0 aromatic heterocycles. The zero-order valence-corrected chi connectivity index (χ0v) is 18.3. The largest absolute Gasteiger partial charge is 0.379 e. The quantitative estimate of drug-likeness (QED) is 0.701. The van der Waals surface area contributed by atoms with Gasteiger partial charge in [0.25, 0.3) is 5.91 Å². The van der Waals surface area contributed by atoms with Crippen molar-refractivity contribution in [1.82, 2.24) is 14.9 Å². The molecule has 0 radical (unpaired) electrons. The second-order valence-electron chi connectivity index (χ2n) is 8.05. The maximum atomic E-state index is 13.0. The molecule has 7 nitrogen and oxygen atoms in total. The Hall–Kier alpha value is -1.48. The fourth-order valence-electron chi connectivity index (χ4n) is 4.48. The van der Waals surface area contributed by atoms with Gasteiger partial charge in [0.1, 0.15) is 0 Å². The van der Waals surface area contributed by atoms with Crippen molar-refractivity contribution in [3.63, 3.8) is 0 Å². The summed E-state index contributed by atoms with van der Waals surface area (Å²) in [6.07, 6.45) is 5.72. The zero-order chi connectivity index (χ0) is 20.9. The highest BCUT2D eigenvalue weighted by atomic mass is 32.2. The smallest absolute Gasteiger partial charge is 0.251 e. The Morgan fingerprint density at radius 1 is 1.17 bits per heavy atom. The molecule has 1 heterocycles. The number of rotatable bonds is 7. The Kier molecular flexibility index (Phi) is 7.32. The monoisotopic (exact) mass is 423 g/mol. The minimum Gasteiger partial charge on any atom is -0.379 e. The Morgan fingerprint density at radius 2 is 1.86 bits per heavy atom. The van der Waals surface area contributed by atoms with E-state index in [9.17, 15) is 13.2 Å². The lowest BCUT2D eigenvalue weighted by atomic mass is 9.79. The molecule has 1 amide bonds. The number of carbonyl (C=O) groups is 1. The molecule has 2 N–H and O–H groups in total. The molecule has 1 aliphatic heterocycles. The van der Waals surface area contributed by atoms with E-state index in [1.807, 2.05) is 6.92 Å². The molecular formula is C21H33N3O4S. The third kappa shape index (κ3) is 5.17. The van der Waals surface area contributed by atoms with E-state index in [0.717, 1.165) is 44.7 Å². The summed E-state index contributed by atoms with van der Waals surface area (Å²) in [6.45, 7) is 7.70. The van der Waals surface area contributed by atoms with Gasteiger partial charge in [-0.1, -0.05) is 32.3 Å². The molecule has 1 aromatic rings. The molecule has 0 atom stereocenters. The van der Waals surface area contributed by atoms with Crippen molar-refractivity contribution in [3.05, 3.63) is 29.3 Å². The van der Waals surface area contributed by atoms with Crippen LogP contribution in [0.5, 0.6) is 0 Å². The molecular weight excluding hydrogens is 390 g/mol. The van der Waals surface area contributed by atoms with Crippen LogP contribution in [0.25, 0.3) is 0 Å². The Bertz CT molecular complexity index is 813. The van der Waals surface area contributed by atoms with Gasteiger partial charge in [-0.15, -0.1) is 0 Å². The molecule has 2 fully saturated rings. The van der Waals surface area contributed by atoms with Gasteiger partial charge >= 0.3 is 0 Å². The van der Waals surface area contributed by atoms with Crippen molar-refractivity contribution in [3.8, 4) is 0 Å². The van der Waals surface area contributed by atoms with Crippen molar-refractivity contribution < 1.29 is 17.9 Å². The SMILES string of the molecule is CCNS(=O)(=O)c1ccc(C)c(C(=O)NCC2(N3CCOCC3)CCCCC2)c1. The summed E-state index contributed by atoms with van der Waals surface area (Å²) >= 11 is 0. The van der Waals surface area contributed by atoms with Gasteiger partial charge in [-0.25, -0.2) is 13.1 Å². The van der Waals surface area contributed by atoms with E-state index in [1.54, 1.807) is 19.1 Å². The molecule has 0 spiro atoms. The second-order valence-corrected chi connectivity index (χ2v) is 9.81. The van der Waals surface area contributed by atoms with Crippen LogP contribution in [0.3, 0.4) is 0 Å². The molecule has 0 bridgehead atoms. The van der Waals surface area contributed by atoms with Gasteiger partial charge in [0.2, 0.25) is 10.0 Å². The molecule has 1 saturated carbocycles. The zero-order valence-electron chi connectivity index (χ0n) is 17.5. The van der Waals surface area contributed by atoms with Crippen LogP contribution in [-0.2, 0) is 14.8 Å². The summed E-state index contributed by atoms with van der Waals surface area (Å²) in [5.41, 5.74) is 1.15. The minimum absolute atomic E-state index is 0.0287. The van der Waals surface area contributed by atoms with Crippen molar-refractivity contribution >= 4 is 15.9 Å². The van der Waals surface area contributed by atoms with E-state index < -0.39 is 10.0 Å². The number of nitrogens with zero attached hydrogens (tertiary/aromatic N) is 1. The van der Waals surface area contributed by atoms with Crippen LogP contribution in [0, 0.1) is 6.92 Å². The van der Waals surface area contributed by atoms with Gasteiger partial charge in [0.05, 0.1) is 18.1 Å². The molecule has 1 aliphatic carbocycles. The number of hydrogen-bond donors (Lipinski definition) is 2. The molecule has 162 valence electrons. The summed E-state index contributed by atoms with van der Waals surface area (Å²) in [4.78, 5) is 15.6. The maximum absolute atomic E-state index is 13.0. The lowest BCUT2D eigenvalue weighted by Gasteiger charge is -2.48. The molecule has 29 heavy (non-hydrogen) atoms. The third-order valence-corrected chi connectivity index (χ3v) is 7.69. The number of carbonyl (C=O) groups excluding carboxylic acids is 1. The van der Waals surface area contributed by atoms with Crippen molar-refractivity contribution in [2.45, 2.75) is 56.4 Å². The van der Waals surface area contributed by atoms with Crippen LogP contribution in [0.2, 0.25) is 0 Å². The molecule has 8 heteroatoms. The number of ether oxygens (including phenoxy) is 1. The summed E-state index contributed by atoms with van der Waals surface area (Å²) in [6, 6.07) is 4.71. The molecule has 2 aliphatic rings. The fraction of sp³-hybridized carbons (Fsp3) is 0.667.